The lowest BCUT2D eigenvalue weighted by Crippen LogP contribution is -2.43. The van der Waals surface area contributed by atoms with Gasteiger partial charge in [0.1, 0.15) is 18.0 Å². The number of nitrogens with zero attached hydrogens (tertiary/aromatic N) is 3. The van der Waals surface area contributed by atoms with E-state index in [9.17, 15) is 19.5 Å². The van der Waals surface area contributed by atoms with E-state index in [0.29, 0.717) is 55.1 Å². The normalized spacial score (nSPS) is 17.6. The highest BCUT2D eigenvalue weighted by Crippen LogP contribution is 2.40. The predicted molar refractivity (Wildman–Crippen MR) is 156 cm³/mol. The molecule has 0 saturated heterocycles. The van der Waals surface area contributed by atoms with Gasteiger partial charge in [0, 0.05) is 47.0 Å². The number of hydrogen-bond donors (Lipinski definition) is 2. The van der Waals surface area contributed by atoms with Crippen LogP contribution in [0.3, 0.4) is 0 Å². The molecule has 41 heavy (non-hydrogen) atoms. The van der Waals surface area contributed by atoms with E-state index in [1.807, 2.05) is 26.2 Å². The first-order chi connectivity index (χ1) is 19.7. The van der Waals surface area contributed by atoms with E-state index in [4.69, 9.17) is 14.8 Å². The number of Topliss-reactive ketones (excluding diaryl/α,β-unsaturated/α-hetero) is 2. The molecule has 0 bridgehead atoms. The first-order valence-corrected chi connectivity index (χ1v) is 14.6. The maximum Gasteiger partial charge on any atom is 0.254 e. The van der Waals surface area contributed by atoms with Crippen molar-refractivity contribution in [3.63, 3.8) is 0 Å². The number of benzene rings is 1. The second kappa shape index (κ2) is 11.8. The summed E-state index contributed by atoms with van der Waals surface area (Å²) in [5, 5.41) is 21.0. The average Bonchev–Trinajstić information content (AvgIpc) is 3.32. The van der Waals surface area contributed by atoms with Crippen LogP contribution >= 0.6 is 0 Å². The predicted octanol–water partition coefficient (Wildman–Crippen LogP) is 3.49. The maximum absolute atomic E-state index is 13.6. The molecule has 218 valence electrons. The molecule has 1 atom stereocenters. The number of ketones is 2. The third-order valence-corrected chi connectivity index (χ3v) is 8.40. The molecule has 5 rings (SSSR count). The van der Waals surface area contributed by atoms with E-state index in [1.165, 1.54) is 0 Å². The number of aliphatic hydroxyl groups excluding tert-OH is 1. The van der Waals surface area contributed by atoms with E-state index in [0.717, 1.165) is 53.5 Å². The quantitative estimate of drug-likeness (QED) is 0.252. The van der Waals surface area contributed by atoms with Crippen LogP contribution in [0.5, 0.6) is 5.75 Å². The second-order valence-electron chi connectivity index (χ2n) is 11.5. The summed E-state index contributed by atoms with van der Waals surface area (Å²) in [6, 6.07) is 7.80. The molecule has 1 aliphatic carbocycles. The van der Waals surface area contributed by atoms with Gasteiger partial charge in [-0.05, 0) is 64.0 Å². The molecule has 1 aliphatic heterocycles. The van der Waals surface area contributed by atoms with E-state index in [1.54, 1.807) is 17.6 Å². The summed E-state index contributed by atoms with van der Waals surface area (Å²) in [5.74, 6) is 0.452. The summed E-state index contributed by atoms with van der Waals surface area (Å²) < 4.78 is 7.95. The molecule has 0 saturated carbocycles. The smallest absolute Gasteiger partial charge is 0.254 e. The van der Waals surface area contributed by atoms with E-state index in [-0.39, 0.29) is 36.6 Å². The van der Waals surface area contributed by atoms with Crippen LogP contribution in [0.1, 0.15) is 74.1 Å². The van der Waals surface area contributed by atoms with Crippen LogP contribution < -0.4 is 10.3 Å². The minimum Gasteiger partial charge on any atom is -0.493 e. The Balaban J connectivity index is 1.44. The van der Waals surface area contributed by atoms with Crippen molar-refractivity contribution >= 4 is 22.5 Å². The van der Waals surface area contributed by atoms with Gasteiger partial charge in [0.05, 0.1) is 30.1 Å². The summed E-state index contributed by atoms with van der Waals surface area (Å²) in [6.45, 7) is 2.99. The molecule has 9 nitrogen and oxygen atoms in total. The van der Waals surface area contributed by atoms with E-state index >= 15 is 0 Å². The molecule has 1 aromatic carbocycles. The van der Waals surface area contributed by atoms with Crippen molar-refractivity contribution in [3.8, 4) is 17.1 Å². The Morgan fingerprint density at radius 1 is 1.12 bits per heavy atom. The van der Waals surface area contributed by atoms with Gasteiger partial charge >= 0.3 is 0 Å². The van der Waals surface area contributed by atoms with Gasteiger partial charge in [-0.25, -0.2) is 4.98 Å². The van der Waals surface area contributed by atoms with Gasteiger partial charge in [-0.2, -0.15) is 0 Å². The van der Waals surface area contributed by atoms with Gasteiger partial charge in [0.2, 0.25) is 0 Å². The van der Waals surface area contributed by atoms with Crippen molar-refractivity contribution in [3.05, 3.63) is 56.9 Å². The van der Waals surface area contributed by atoms with Gasteiger partial charge in [0.15, 0.2) is 11.6 Å². The first-order valence-electron chi connectivity index (χ1n) is 14.6. The third-order valence-electron chi connectivity index (χ3n) is 8.40. The minimum atomic E-state index is -1.64. The van der Waals surface area contributed by atoms with Crippen molar-refractivity contribution in [2.75, 3.05) is 27.3 Å². The molecule has 0 amide bonds. The Morgan fingerprint density at radius 2 is 1.90 bits per heavy atom. The van der Waals surface area contributed by atoms with E-state index < -0.39 is 5.60 Å². The van der Waals surface area contributed by atoms with Gasteiger partial charge in [0.25, 0.3) is 5.56 Å². The molecule has 0 unspecified atom stereocenters. The zero-order chi connectivity index (χ0) is 29.3. The highest BCUT2D eigenvalue weighted by atomic mass is 16.5. The molecule has 3 heterocycles. The van der Waals surface area contributed by atoms with Crippen molar-refractivity contribution in [2.45, 2.75) is 77.0 Å². The van der Waals surface area contributed by atoms with Crippen LogP contribution in [0.4, 0.5) is 0 Å². The minimum absolute atomic E-state index is 0.115. The monoisotopic (exact) mass is 561 g/mol. The summed E-state index contributed by atoms with van der Waals surface area (Å²) >= 11 is 0. The second-order valence-corrected chi connectivity index (χ2v) is 11.5. The Labute approximate surface area is 239 Å². The van der Waals surface area contributed by atoms with Gasteiger partial charge in [-0.3, -0.25) is 14.4 Å². The van der Waals surface area contributed by atoms with Gasteiger partial charge < -0.3 is 24.4 Å². The van der Waals surface area contributed by atoms with Crippen LogP contribution in [-0.2, 0) is 34.7 Å². The molecule has 2 aromatic heterocycles. The molecular formula is C32H39N3O6. The largest absolute Gasteiger partial charge is 0.493 e. The summed E-state index contributed by atoms with van der Waals surface area (Å²) in [5.41, 5.74) is 3.27. The number of unbranched alkanes of at least 4 members (excludes halogenated alkanes) is 3. The molecular weight excluding hydrogens is 522 g/mol. The number of ether oxygens (including phenoxy) is 1. The van der Waals surface area contributed by atoms with Gasteiger partial charge in [-0.15, -0.1) is 0 Å². The lowest BCUT2D eigenvalue weighted by molar-refractivity contribution is -0.140. The first kappa shape index (κ1) is 29.1. The molecule has 3 aromatic rings. The maximum atomic E-state index is 13.6. The third kappa shape index (κ3) is 5.46. The van der Waals surface area contributed by atoms with Crippen molar-refractivity contribution in [1.29, 1.82) is 0 Å². The topological polar surface area (TPSA) is 122 Å². The Kier molecular flexibility index (Phi) is 8.40. The molecule has 9 heteroatoms. The number of fused-ring (bicyclic) bond motifs is 5. The Hall–Kier alpha value is -3.40. The number of aliphatic hydroxyl groups is 2. The van der Waals surface area contributed by atoms with Crippen LogP contribution in [0.15, 0.2) is 29.1 Å². The molecule has 0 spiro atoms. The standard InChI is InChI=1S/C32H39N3O6/c1-4-32(40)25-16-27-30-20(17-35(27)31(39)22(25)10-13-29(32)38)15-23-24(18-34(2)3)28(12-11-26(23)33-30)41-14-8-6-5-7-9-21(37)19-36/h11-12,15-16,36,40H,4-10,13-14,17-19H2,1-3H3/t32-/m0/s1. The average molecular weight is 562 g/mol. The number of pyridine rings is 2. The number of aromatic nitrogens is 2. The van der Waals surface area contributed by atoms with Gasteiger partial charge in [-0.1, -0.05) is 19.8 Å². The zero-order valence-corrected chi connectivity index (χ0v) is 24.2. The zero-order valence-electron chi connectivity index (χ0n) is 24.2. The molecule has 0 fully saturated rings. The lowest BCUT2D eigenvalue weighted by atomic mass is 9.77. The number of carbonyl (C=O) groups excluding carboxylic acids is 2. The fourth-order valence-electron chi connectivity index (χ4n) is 6.13. The van der Waals surface area contributed by atoms with Crippen LogP contribution in [0, 0.1) is 0 Å². The number of hydrogen-bond acceptors (Lipinski definition) is 8. The fourth-order valence-corrected chi connectivity index (χ4v) is 6.13. The van der Waals surface area contributed by atoms with Crippen LogP contribution in [-0.4, -0.2) is 63.5 Å². The lowest BCUT2D eigenvalue weighted by Gasteiger charge is -2.32. The van der Waals surface area contributed by atoms with Crippen molar-refractivity contribution in [2.24, 2.45) is 0 Å². The highest BCUT2D eigenvalue weighted by molar-refractivity contribution is 5.92. The summed E-state index contributed by atoms with van der Waals surface area (Å²) in [6.07, 6.45) is 4.66. The molecule has 2 aliphatic rings. The highest BCUT2D eigenvalue weighted by Gasteiger charge is 2.43. The number of rotatable bonds is 12. The summed E-state index contributed by atoms with van der Waals surface area (Å²) in [4.78, 5) is 44.6. The SMILES string of the molecule is CC[C@@]1(O)C(=O)CCc2c1cc1n(c2=O)Cc2cc3c(CN(C)C)c(OCCCCCCC(=O)CO)ccc3nc2-1. The Morgan fingerprint density at radius 3 is 2.63 bits per heavy atom. The van der Waals surface area contributed by atoms with Crippen LogP contribution in [0.2, 0.25) is 0 Å². The molecule has 0 radical (unpaired) electrons. The molecule has 2 N–H and O–H groups in total. The van der Waals surface area contributed by atoms with Crippen LogP contribution in [0.25, 0.3) is 22.3 Å². The fraction of sp³-hybridized carbons (Fsp3) is 0.500. The number of carbonyl (C=O) groups is 2. The van der Waals surface area contributed by atoms with Crippen molar-refractivity contribution in [1.82, 2.24) is 14.5 Å². The van der Waals surface area contributed by atoms with E-state index in [2.05, 4.69) is 11.0 Å². The Bertz CT molecular complexity index is 1560. The summed E-state index contributed by atoms with van der Waals surface area (Å²) in [7, 11) is 4.01. The van der Waals surface area contributed by atoms with Crippen molar-refractivity contribution < 1.29 is 24.5 Å².